The number of hydrogen-bond donors (Lipinski definition) is 0. The summed E-state index contributed by atoms with van der Waals surface area (Å²) in [5.41, 5.74) is -1.04. The van der Waals surface area contributed by atoms with Gasteiger partial charge in [-0.15, -0.1) is 0 Å². The van der Waals surface area contributed by atoms with Gasteiger partial charge in [0.05, 0.1) is 18.6 Å². The zero-order chi connectivity index (χ0) is 17.9. The van der Waals surface area contributed by atoms with Crippen LogP contribution in [0, 0.1) is 29.1 Å². The van der Waals surface area contributed by atoms with Crippen LogP contribution in [0.25, 0.3) is 0 Å². The van der Waals surface area contributed by atoms with Gasteiger partial charge in [0, 0.05) is 5.56 Å². The van der Waals surface area contributed by atoms with Crippen molar-refractivity contribution in [1.82, 2.24) is 0 Å². The van der Waals surface area contributed by atoms with Crippen LogP contribution in [-0.2, 0) is 20.3 Å². The van der Waals surface area contributed by atoms with Crippen molar-refractivity contribution in [3.8, 4) is 0 Å². The van der Waals surface area contributed by atoms with Crippen LogP contribution < -0.4 is 0 Å². The molecule has 132 valence electrons. The Balaban J connectivity index is 3.38. The molecule has 0 amide bonds. The number of hydrogen-bond acceptors (Lipinski definition) is 3. The molecule has 3 nitrogen and oxygen atoms in total. The normalized spacial score (nSPS) is 12.7. The third kappa shape index (κ3) is 4.49. The Morgan fingerprint density at radius 3 is 1.43 bits per heavy atom. The highest BCUT2D eigenvalue weighted by molar-refractivity contribution is 5.98. The Kier molecular flexibility index (Phi) is 6.69. The van der Waals surface area contributed by atoms with Crippen molar-refractivity contribution in [3.63, 3.8) is 0 Å². The first-order chi connectivity index (χ1) is 10.5. The van der Waals surface area contributed by atoms with Gasteiger partial charge < -0.3 is 13.9 Å². The predicted molar refractivity (Wildman–Crippen MR) is 76.1 cm³/mol. The molecule has 1 aromatic carbocycles. The topological polar surface area (TPSA) is 27.7 Å². The molecule has 0 aromatic heterocycles. The van der Waals surface area contributed by atoms with Gasteiger partial charge in [-0.25, -0.2) is 22.0 Å². The molecule has 0 radical (unpaired) electrons. The van der Waals surface area contributed by atoms with Crippen molar-refractivity contribution in [2.75, 3.05) is 0 Å². The summed E-state index contributed by atoms with van der Waals surface area (Å²) < 4.78 is 83.6. The van der Waals surface area contributed by atoms with Crippen LogP contribution in [-0.4, -0.2) is 28.7 Å². The van der Waals surface area contributed by atoms with Crippen molar-refractivity contribution in [2.24, 2.45) is 0 Å². The summed E-state index contributed by atoms with van der Waals surface area (Å²) in [5, 5.41) is 0. The van der Waals surface area contributed by atoms with Crippen LogP contribution in [0.3, 0.4) is 0 Å². The lowest BCUT2D eigenvalue weighted by Crippen LogP contribution is -2.45. The minimum absolute atomic E-state index is 0.0518. The highest BCUT2D eigenvalue weighted by Gasteiger charge is 2.39. The molecule has 0 unspecified atom stereocenters. The Morgan fingerprint density at radius 1 is 0.783 bits per heavy atom. The van der Waals surface area contributed by atoms with Crippen molar-refractivity contribution in [1.29, 1.82) is 0 Å². The summed E-state index contributed by atoms with van der Waals surface area (Å²) in [6.07, 6.45) is -1.72. The third-order valence-electron chi connectivity index (χ3n) is 2.84. The van der Waals surface area contributed by atoms with Crippen molar-refractivity contribution >= 4 is 10.5 Å². The standard InChI is InChI=1S/C14H19F5O3Si/c1-6(2)20-14(22-23,21-7(3)4)5-8-9(15)11(17)13(19)12(18)10(8)16/h6-7H,5H2,1-4,23H3. The van der Waals surface area contributed by atoms with Gasteiger partial charge in [-0.1, -0.05) is 0 Å². The maximum absolute atomic E-state index is 13.9. The van der Waals surface area contributed by atoms with Gasteiger partial charge in [-0.05, 0) is 27.7 Å². The molecule has 0 aliphatic heterocycles. The largest absolute Gasteiger partial charge is 0.380 e. The number of benzene rings is 1. The van der Waals surface area contributed by atoms with E-state index < -0.39 is 59.3 Å². The van der Waals surface area contributed by atoms with E-state index in [4.69, 9.17) is 13.9 Å². The van der Waals surface area contributed by atoms with E-state index in [0.717, 1.165) is 0 Å². The maximum atomic E-state index is 13.9. The fourth-order valence-electron chi connectivity index (χ4n) is 2.02. The first kappa shape index (κ1) is 20.0. The summed E-state index contributed by atoms with van der Waals surface area (Å²) in [6.45, 7) is 6.49. The van der Waals surface area contributed by atoms with E-state index in [0.29, 0.717) is 0 Å². The van der Waals surface area contributed by atoms with E-state index in [1.54, 1.807) is 27.7 Å². The fourth-order valence-corrected chi connectivity index (χ4v) is 2.36. The molecule has 0 heterocycles. The molecule has 0 N–H and O–H groups in total. The molecule has 0 fully saturated rings. The van der Waals surface area contributed by atoms with Gasteiger partial charge in [-0.2, -0.15) is 0 Å². The van der Waals surface area contributed by atoms with E-state index in [2.05, 4.69) is 0 Å². The van der Waals surface area contributed by atoms with Gasteiger partial charge in [0.2, 0.25) is 5.82 Å². The van der Waals surface area contributed by atoms with Crippen LogP contribution in [0.15, 0.2) is 0 Å². The lowest BCUT2D eigenvalue weighted by molar-refractivity contribution is -0.365. The Morgan fingerprint density at radius 2 is 1.13 bits per heavy atom. The van der Waals surface area contributed by atoms with Crippen LogP contribution in [0.1, 0.15) is 33.3 Å². The maximum Gasteiger partial charge on any atom is 0.277 e. The van der Waals surface area contributed by atoms with E-state index in [1.807, 2.05) is 0 Å². The lowest BCUT2D eigenvalue weighted by Gasteiger charge is -2.36. The Hall–Kier alpha value is -1.03. The monoisotopic (exact) mass is 358 g/mol. The van der Waals surface area contributed by atoms with E-state index >= 15 is 0 Å². The molecule has 23 heavy (non-hydrogen) atoms. The van der Waals surface area contributed by atoms with E-state index in [9.17, 15) is 22.0 Å². The zero-order valence-corrected chi connectivity index (χ0v) is 15.5. The summed E-state index contributed by atoms with van der Waals surface area (Å²) in [5.74, 6) is -12.0. The molecule has 0 saturated carbocycles. The minimum atomic E-state index is -2.21. The quantitative estimate of drug-likeness (QED) is 0.247. The van der Waals surface area contributed by atoms with Crippen LogP contribution in [0.4, 0.5) is 22.0 Å². The highest BCUT2D eigenvalue weighted by Crippen LogP contribution is 2.30. The summed E-state index contributed by atoms with van der Waals surface area (Å²) in [7, 11) is 0.0518. The van der Waals surface area contributed by atoms with Crippen molar-refractivity contribution < 1.29 is 35.9 Å². The molecular formula is C14H19F5O3Si. The average Bonchev–Trinajstić information content (AvgIpc) is 2.46. The Bertz CT molecular complexity index is 527. The van der Waals surface area contributed by atoms with E-state index in [1.165, 1.54) is 0 Å². The molecule has 0 spiro atoms. The predicted octanol–water partition coefficient (Wildman–Crippen LogP) is 2.73. The van der Waals surface area contributed by atoms with Gasteiger partial charge in [0.1, 0.15) is 0 Å². The van der Waals surface area contributed by atoms with Crippen LogP contribution >= 0.6 is 0 Å². The second-order valence-corrected chi connectivity index (χ2v) is 5.85. The molecule has 1 aromatic rings. The lowest BCUT2D eigenvalue weighted by atomic mass is 10.1. The number of halogens is 5. The van der Waals surface area contributed by atoms with Crippen LogP contribution in [0.5, 0.6) is 0 Å². The first-order valence-corrected chi connectivity index (χ1v) is 7.77. The zero-order valence-electron chi connectivity index (χ0n) is 13.5. The smallest absolute Gasteiger partial charge is 0.277 e. The second kappa shape index (κ2) is 7.69. The minimum Gasteiger partial charge on any atom is -0.380 e. The van der Waals surface area contributed by atoms with Crippen LogP contribution in [0.2, 0.25) is 0 Å². The molecule has 0 bridgehead atoms. The van der Waals surface area contributed by atoms with Gasteiger partial charge in [0.15, 0.2) is 33.8 Å². The third-order valence-corrected chi connectivity index (χ3v) is 3.46. The first-order valence-electron chi connectivity index (χ1n) is 6.95. The average molecular weight is 358 g/mol. The highest BCUT2D eigenvalue weighted by atomic mass is 28.2. The van der Waals surface area contributed by atoms with Crippen molar-refractivity contribution in [3.05, 3.63) is 34.6 Å². The van der Waals surface area contributed by atoms with Gasteiger partial charge in [0.25, 0.3) is 5.97 Å². The summed E-state index contributed by atoms with van der Waals surface area (Å²) in [6, 6.07) is 0. The second-order valence-electron chi connectivity index (χ2n) is 5.45. The number of rotatable bonds is 7. The molecule has 0 aliphatic carbocycles. The SMILES string of the molecule is CC(C)OC(Cc1c(F)c(F)c(F)c(F)c1F)(O[SiH3])OC(C)C. The molecule has 9 heteroatoms. The summed E-state index contributed by atoms with van der Waals surface area (Å²) in [4.78, 5) is 0. The van der Waals surface area contributed by atoms with Gasteiger partial charge >= 0.3 is 0 Å². The fraction of sp³-hybridized carbons (Fsp3) is 0.571. The Labute approximate surface area is 134 Å². The van der Waals surface area contributed by atoms with Gasteiger partial charge in [-0.3, -0.25) is 0 Å². The molecule has 1 rings (SSSR count). The van der Waals surface area contributed by atoms with E-state index in [-0.39, 0.29) is 10.5 Å². The molecule has 0 saturated heterocycles. The molecular weight excluding hydrogens is 339 g/mol. The molecule has 0 atom stereocenters. The molecule has 0 aliphatic rings. The van der Waals surface area contributed by atoms with Crippen molar-refractivity contribution in [2.45, 2.75) is 52.3 Å². The summed E-state index contributed by atoms with van der Waals surface area (Å²) >= 11 is 0. The number of ether oxygens (including phenoxy) is 2.